The zero-order valence-corrected chi connectivity index (χ0v) is 17.0. The summed E-state index contributed by atoms with van der Waals surface area (Å²) in [4.78, 5) is 21.4. The van der Waals surface area contributed by atoms with Crippen molar-refractivity contribution in [3.8, 4) is 17.0 Å². The summed E-state index contributed by atoms with van der Waals surface area (Å²) < 4.78 is 18.6. The van der Waals surface area contributed by atoms with Gasteiger partial charge in [-0.3, -0.25) is 9.69 Å². The van der Waals surface area contributed by atoms with Crippen LogP contribution in [0.4, 0.5) is 4.39 Å². The minimum atomic E-state index is -0.383. The number of piperazine rings is 1. The van der Waals surface area contributed by atoms with Gasteiger partial charge in [0.1, 0.15) is 16.6 Å². The molecule has 3 aromatic rings. The van der Waals surface area contributed by atoms with E-state index in [0.29, 0.717) is 18.7 Å². The molecule has 1 aliphatic heterocycles. The van der Waals surface area contributed by atoms with Crippen molar-refractivity contribution in [1.82, 2.24) is 14.8 Å². The Morgan fingerprint density at radius 3 is 2.59 bits per heavy atom. The lowest BCUT2D eigenvalue weighted by molar-refractivity contribution is 0.0628. The van der Waals surface area contributed by atoms with Gasteiger partial charge in [-0.15, -0.1) is 11.3 Å². The highest BCUT2D eigenvalue weighted by Crippen LogP contribution is 2.25. The smallest absolute Gasteiger partial charge is 0.254 e. The van der Waals surface area contributed by atoms with Gasteiger partial charge >= 0.3 is 0 Å². The van der Waals surface area contributed by atoms with Gasteiger partial charge in [-0.25, -0.2) is 9.37 Å². The summed E-state index contributed by atoms with van der Waals surface area (Å²) in [6, 6.07) is 13.8. The van der Waals surface area contributed by atoms with Gasteiger partial charge in [-0.1, -0.05) is 6.07 Å². The number of rotatable bonds is 5. The number of hydrogen-bond acceptors (Lipinski definition) is 5. The predicted octanol–water partition coefficient (Wildman–Crippen LogP) is 3.92. The van der Waals surface area contributed by atoms with Crippen molar-refractivity contribution in [3.05, 3.63) is 70.3 Å². The third-order valence-electron chi connectivity index (χ3n) is 5.03. The van der Waals surface area contributed by atoms with Gasteiger partial charge in [0.25, 0.3) is 5.91 Å². The fraction of sp³-hybridized carbons (Fsp3) is 0.273. The van der Waals surface area contributed by atoms with Crippen LogP contribution < -0.4 is 4.74 Å². The Balaban J connectivity index is 1.33. The standard InChI is InChI=1S/C22H22FN3O2S/c1-28-19-7-5-16(6-8-19)20-15-29-21(24-20)14-25-9-11-26(12-10-25)22(27)17-3-2-4-18(23)13-17/h2-8,13,15H,9-12,14H2,1H3. The molecule has 0 atom stereocenters. The molecule has 2 aromatic carbocycles. The Morgan fingerprint density at radius 1 is 1.14 bits per heavy atom. The molecule has 4 rings (SSSR count). The molecule has 29 heavy (non-hydrogen) atoms. The van der Waals surface area contributed by atoms with Crippen LogP contribution in [-0.2, 0) is 6.54 Å². The van der Waals surface area contributed by atoms with Crippen LogP contribution in [0.5, 0.6) is 5.75 Å². The molecule has 5 nitrogen and oxygen atoms in total. The quantitative estimate of drug-likeness (QED) is 0.639. The minimum Gasteiger partial charge on any atom is -0.497 e. The number of thiazole rings is 1. The van der Waals surface area contributed by atoms with Crippen molar-refractivity contribution in [2.24, 2.45) is 0 Å². The maximum absolute atomic E-state index is 13.4. The van der Waals surface area contributed by atoms with Gasteiger partial charge < -0.3 is 9.64 Å². The van der Waals surface area contributed by atoms with Crippen molar-refractivity contribution >= 4 is 17.2 Å². The summed E-state index contributed by atoms with van der Waals surface area (Å²) in [5.41, 5.74) is 2.44. The summed E-state index contributed by atoms with van der Waals surface area (Å²) >= 11 is 1.65. The van der Waals surface area contributed by atoms with Crippen molar-refractivity contribution < 1.29 is 13.9 Å². The normalized spacial score (nSPS) is 14.8. The lowest BCUT2D eigenvalue weighted by Gasteiger charge is -2.34. The molecule has 150 valence electrons. The second-order valence-electron chi connectivity index (χ2n) is 6.93. The molecule has 7 heteroatoms. The van der Waals surface area contributed by atoms with E-state index in [1.807, 2.05) is 24.3 Å². The molecule has 1 aromatic heterocycles. The van der Waals surface area contributed by atoms with Crippen LogP contribution in [-0.4, -0.2) is 54.0 Å². The van der Waals surface area contributed by atoms with Gasteiger partial charge in [0.15, 0.2) is 0 Å². The first-order valence-corrected chi connectivity index (χ1v) is 10.4. The van der Waals surface area contributed by atoms with Gasteiger partial charge in [-0.05, 0) is 42.5 Å². The van der Waals surface area contributed by atoms with Crippen molar-refractivity contribution in [3.63, 3.8) is 0 Å². The predicted molar refractivity (Wildman–Crippen MR) is 112 cm³/mol. The summed E-state index contributed by atoms with van der Waals surface area (Å²) in [7, 11) is 1.65. The van der Waals surface area contributed by atoms with Crippen molar-refractivity contribution in [2.45, 2.75) is 6.54 Å². The lowest BCUT2D eigenvalue weighted by Crippen LogP contribution is -2.48. The van der Waals surface area contributed by atoms with Crippen LogP contribution in [0.25, 0.3) is 11.3 Å². The first kappa shape index (κ1) is 19.5. The average Bonchev–Trinajstić information content (AvgIpc) is 3.22. The minimum absolute atomic E-state index is 0.111. The van der Waals surface area contributed by atoms with Gasteiger partial charge in [-0.2, -0.15) is 0 Å². The highest BCUT2D eigenvalue weighted by molar-refractivity contribution is 7.09. The van der Waals surface area contributed by atoms with E-state index in [1.165, 1.54) is 12.1 Å². The third kappa shape index (κ3) is 4.63. The molecule has 0 spiro atoms. The molecular formula is C22H22FN3O2S. The number of halogens is 1. The zero-order valence-electron chi connectivity index (χ0n) is 16.2. The lowest BCUT2D eigenvalue weighted by atomic mass is 10.1. The van der Waals surface area contributed by atoms with E-state index in [1.54, 1.807) is 35.5 Å². The molecule has 1 fully saturated rings. The van der Waals surface area contributed by atoms with E-state index >= 15 is 0 Å². The van der Waals surface area contributed by atoms with E-state index in [9.17, 15) is 9.18 Å². The zero-order chi connectivity index (χ0) is 20.2. The Bertz CT molecular complexity index is 982. The summed E-state index contributed by atoms with van der Waals surface area (Å²) in [6.45, 7) is 3.58. The fourth-order valence-corrected chi connectivity index (χ4v) is 4.23. The number of aromatic nitrogens is 1. The monoisotopic (exact) mass is 411 g/mol. The Morgan fingerprint density at radius 2 is 1.90 bits per heavy atom. The molecule has 1 aliphatic rings. The average molecular weight is 412 g/mol. The van der Waals surface area contributed by atoms with Crippen LogP contribution in [0.1, 0.15) is 15.4 Å². The largest absolute Gasteiger partial charge is 0.497 e. The number of methoxy groups -OCH3 is 1. The first-order valence-electron chi connectivity index (χ1n) is 9.48. The van der Waals surface area contributed by atoms with Crippen molar-refractivity contribution in [2.75, 3.05) is 33.3 Å². The molecule has 0 N–H and O–H groups in total. The van der Waals surface area contributed by atoms with Crippen LogP contribution in [0.3, 0.4) is 0 Å². The van der Waals surface area contributed by atoms with Crippen LogP contribution in [0.15, 0.2) is 53.9 Å². The Kier molecular flexibility index (Phi) is 5.87. The third-order valence-corrected chi connectivity index (χ3v) is 5.86. The van der Waals surface area contributed by atoms with Crippen LogP contribution in [0.2, 0.25) is 0 Å². The molecule has 0 aliphatic carbocycles. The Labute approximate surface area is 173 Å². The number of hydrogen-bond donors (Lipinski definition) is 0. The van der Waals surface area contributed by atoms with Crippen LogP contribution >= 0.6 is 11.3 Å². The van der Waals surface area contributed by atoms with Crippen LogP contribution in [0, 0.1) is 5.82 Å². The second-order valence-corrected chi connectivity index (χ2v) is 7.88. The molecule has 1 saturated heterocycles. The molecule has 0 bridgehead atoms. The summed E-state index contributed by atoms with van der Waals surface area (Å²) in [5, 5.41) is 3.13. The van der Waals surface area contributed by atoms with Gasteiger partial charge in [0.05, 0.1) is 19.3 Å². The van der Waals surface area contributed by atoms with E-state index in [4.69, 9.17) is 9.72 Å². The highest BCUT2D eigenvalue weighted by Gasteiger charge is 2.23. The maximum atomic E-state index is 13.4. The number of benzene rings is 2. The maximum Gasteiger partial charge on any atom is 0.254 e. The van der Waals surface area contributed by atoms with Gasteiger partial charge in [0, 0.05) is 42.7 Å². The fourth-order valence-electron chi connectivity index (χ4n) is 3.38. The summed E-state index contributed by atoms with van der Waals surface area (Å²) in [5.74, 6) is 0.334. The van der Waals surface area contributed by atoms with E-state index in [0.717, 1.165) is 41.6 Å². The van der Waals surface area contributed by atoms with E-state index < -0.39 is 0 Å². The molecular weight excluding hydrogens is 389 g/mol. The topological polar surface area (TPSA) is 45.7 Å². The number of ether oxygens (including phenoxy) is 1. The highest BCUT2D eigenvalue weighted by atomic mass is 32.1. The Hall–Kier alpha value is -2.77. The van der Waals surface area contributed by atoms with Gasteiger partial charge in [0.2, 0.25) is 0 Å². The van der Waals surface area contributed by atoms with E-state index in [2.05, 4.69) is 10.3 Å². The number of carbonyl (C=O) groups excluding carboxylic acids is 1. The SMILES string of the molecule is COc1ccc(-c2csc(CN3CCN(C(=O)c4cccc(F)c4)CC3)n2)cc1. The second kappa shape index (κ2) is 8.71. The molecule has 0 saturated carbocycles. The summed E-state index contributed by atoms with van der Waals surface area (Å²) in [6.07, 6.45) is 0. The number of carbonyl (C=O) groups is 1. The molecule has 1 amide bonds. The first-order chi connectivity index (χ1) is 14.1. The molecule has 2 heterocycles. The molecule has 0 unspecified atom stereocenters. The number of nitrogens with zero attached hydrogens (tertiary/aromatic N) is 3. The van der Waals surface area contributed by atoms with E-state index in [-0.39, 0.29) is 11.7 Å². The molecule has 0 radical (unpaired) electrons. The number of amides is 1. The van der Waals surface area contributed by atoms with Crippen molar-refractivity contribution in [1.29, 1.82) is 0 Å².